The average Bonchev–Trinajstić information content (AvgIpc) is 1.97. The van der Waals surface area contributed by atoms with Gasteiger partial charge in [0.15, 0.2) is 0 Å². The third-order valence-electron chi connectivity index (χ3n) is 1.49. The van der Waals surface area contributed by atoms with Crippen LogP contribution in [0.25, 0.3) is 0 Å². The lowest BCUT2D eigenvalue weighted by Gasteiger charge is -2.04. The van der Waals surface area contributed by atoms with Gasteiger partial charge in [-0.25, -0.2) is 0 Å². The first-order chi connectivity index (χ1) is 5.18. The number of carbonyl (C=O) groups is 1. The number of nitrogens with two attached hydrogens (primary N) is 1. The van der Waals surface area contributed by atoms with Gasteiger partial charge in [0.25, 0.3) is 0 Å². The number of carboxylic acid groups (broad SMARTS) is 1. The van der Waals surface area contributed by atoms with Gasteiger partial charge in [0.2, 0.25) is 0 Å². The van der Waals surface area contributed by atoms with Crippen LogP contribution in [0.2, 0.25) is 0 Å². The van der Waals surface area contributed by atoms with Gasteiger partial charge in [-0.1, -0.05) is 12.8 Å². The number of rotatable bonds is 6. The molecule has 0 bridgehead atoms. The summed E-state index contributed by atoms with van der Waals surface area (Å²) < 4.78 is 0. The predicted molar refractivity (Wildman–Crippen MR) is 47.9 cm³/mol. The molecule has 1 atom stereocenters. The third kappa shape index (κ3) is 6.19. The minimum absolute atomic E-state index is 0.573. The number of thiol groups is 1. The second-order valence-corrected chi connectivity index (χ2v) is 2.96. The fourth-order valence-electron chi connectivity index (χ4n) is 0.776. The Morgan fingerprint density at radius 3 is 2.55 bits per heavy atom. The standard InChI is InChI=1S/C7H15NO2S/c8-6(7(9)10)4-2-1-3-5-11/h6,11H,1-5,8H2,(H,9,10). The van der Waals surface area contributed by atoms with Crippen LogP contribution in [-0.2, 0) is 4.79 Å². The first-order valence-corrected chi connectivity index (χ1v) is 4.41. The van der Waals surface area contributed by atoms with Crippen LogP contribution in [0.3, 0.4) is 0 Å². The largest absolute Gasteiger partial charge is 0.480 e. The Kier molecular flexibility index (Phi) is 6.36. The van der Waals surface area contributed by atoms with Gasteiger partial charge in [0, 0.05) is 0 Å². The number of carboxylic acids is 1. The van der Waals surface area contributed by atoms with Crippen LogP contribution in [0, 0.1) is 0 Å². The Morgan fingerprint density at radius 2 is 2.09 bits per heavy atom. The van der Waals surface area contributed by atoms with Crippen LogP contribution >= 0.6 is 12.6 Å². The van der Waals surface area contributed by atoms with Gasteiger partial charge in [-0.3, -0.25) is 4.79 Å². The van der Waals surface area contributed by atoms with Crippen LogP contribution in [-0.4, -0.2) is 22.9 Å². The fourth-order valence-corrected chi connectivity index (χ4v) is 1.000. The Bertz CT molecular complexity index is 119. The van der Waals surface area contributed by atoms with E-state index in [1.165, 1.54) is 0 Å². The van der Waals surface area contributed by atoms with E-state index in [0.29, 0.717) is 6.42 Å². The smallest absolute Gasteiger partial charge is 0.320 e. The Morgan fingerprint density at radius 1 is 1.45 bits per heavy atom. The zero-order chi connectivity index (χ0) is 8.69. The normalized spacial score (nSPS) is 12.9. The quantitative estimate of drug-likeness (QED) is 0.417. The van der Waals surface area contributed by atoms with Gasteiger partial charge in [-0.15, -0.1) is 0 Å². The summed E-state index contributed by atoms with van der Waals surface area (Å²) in [4.78, 5) is 10.2. The number of hydrogen-bond donors (Lipinski definition) is 3. The molecule has 0 rings (SSSR count). The molecule has 0 aromatic heterocycles. The number of aliphatic carboxylic acids is 1. The summed E-state index contributed by atoms with van der Waals surface area (Å²) in [7, 11) is 0. The lowest BCUT2D eigenvalue weighted by molar-refractivity contribution is -0.138. The minimum atomic E-state index is -0.907. The Balaban J connectivity index is 3.17. The molecular weight excluding hydrogens is 162 g/mol. The summed E-state index contributed by atoms with van der Waals surface area (Å²) in [5.41, 5.74) is 5.28. The molecule has 4 heteroatoms. The van der Waals surface area contributed by atoms with Gasteiger partial charge in [-0.05, 0) is 18.6 Å². The molecule has 0 aliphatic rings. The highest BCUT2D eigenvalue weighted by atomic mass is 32.1. The number of hydrogen-bond acceptors (Lipinski definition) is 3. The first-order valence-electron chi connectivity index (χ1n) is 3.77. The van der Waals surface area contributed by atoms with Gasteiger partial charge < -0.3 is 10.8 Å². The Labute approximate surface area is 72.4 Å². The van der Waals surface area contributed by atoms with Crippen molar-refractivity contribution in [2.45, 2.75) is 31.7 Å². The topological polar surface area (TPSA) is 63.3 Å². The van der Waals surface area contributed by atoms with Crippen molar-refractivity contribution in [2.75, 3.05) is 5.75 Å². The van der Waals surface area contributed by atoms with Crippen molar-refractivity contribution in [3.05, 3.63) is 0 Å². The van der Waals surface area contributed by atoms with Gasteiger partial charge in [0.05, 0.1) is 0 Å². The molecule has 0 saturated carbocycles. The zero-order valence-electron chi connectivity index (χ0n) is 6.49. The third-order valence-corrected chi connectivity index (χ3v) is 1.81. The molecule has 0 aromatic rings. The van der Waals surface area contributed by atoms with E-state index in [1.807, 2.05) is 0 Å². The van der Waals surface area contributed by atoms with E-state index in [9.17, 15) is 4.79 Å². The van der Waals surface area contributed by atoms with Crippen LogP contribution in [0.15, 0.2) is 0 Å². The summed E-state index contributed by atoms with van der Waals surface area (Å²) in [5, 5.41) is 8.40. The minimum Gasteiger partial charge on any atom is -0.480 e. The molecule has 11 heavy (non-hydrogen) atoms. The average molecular weight is 177 g/mol. The zero-order valence-corrected chi connectivity index (χ0v) is 7.39. The molecule has 0 aliphatic heterocycles. The maximum absolute atomic E-state index is 10.2. The van der Waals surface area contributed by atoms with Crippen molar-refractivity contribution < 1.29 is 9.90 Å². The molecule has 0 aromatic carbocycles. The summed E-state index contributed by atoms with van der Waals surface area (Å²) in [6.45, 7) is 0. The van der Waals surface area contributed by atoms with Crippen LogP contribution in [0.1, 0.15) is 25.7 Å². The maximum atomic E-state index is 10.2. The van der Waals surface area contributed by atoms with Crippen molar-refractivity contribution in [1.82, 2.24) is 0 Å². The second kappa shape index (κ2) is 6.49. The monoisotopic (exact) mass is 177 g/mol. The van der Waals surface area contributed by atoms with Gasteiger partial charge in [0.1, 0.15) is 6.04 Å². The molecule has 0 radical (unpaired) electrons. The molecule has 0 amide bonds. The van der Waals surface area contributed by atoms with E-state index in [4.69, 9.17) is 10.8 Å². The summed E-state index contributed by atoms with van der Waals surface area (Å²) in [6, 6.07) is -0.685. The summed E-state index contributed by atoms with van der Waals surface area (Å²) in [5.74, 6) is -0.0432. The summed E-state index contributed by atoms with van der Waals surface area (Å²) >= 11 is 4.04. The molecule has 3 nitrogen and oxygen atoms in total. The predicted octanol–water partition coefficient (Wildman–Crippen LogP) is 0.888. The molecule has 0 heterocycles. The van der Waals surface area contributed by atoms with E-state index < -0.39 is 12.0 Å². The van der Waals surface area contributed by atoms with E-state index in [0.717, 1.165) is 25.0 Å². The molecular formula is C7H15NO2S. The van der Waals surface area contributed by atoms with Crippen molar-refractivity contribution in [1.29, 1.82) is 0 Å². The van der Waals surface area contributed by atoms with Gasteiger partial charge in [-0.2, -0.15) is 12.6 Å². The first kappa shape index (κ1) is 10.8. The van der Waals surface area contributed by atoms with E-state index in [2.05, 4.69) is 12.6 Å². The molecule has 0 spiro atoms. The highest BCUT2D eigenvalue weighted by Gasteiger charge is 2.09. The Hall–Kier alpha value is -0.220. The van der Waals surface area contributed by atoms with Crippen LogP contribution in [0.5, 0.6) is 0 Å². The summed E-state index contributed by atoms with van der Waals surface area (Å²) in [6.07, 6.45) is 3.51. The molecule has 0 fully saturated rings. The molecule has 66 valence electrons. The molecule has 0 saturated heterocycles. The highest BCUT2D eigenvalue weighted by Crippen LogP contribution is 2.02. The SMILES string of the molecule is NC(CCCCCS)C(=O)O. The molecule has 0 aliphatic carbocycles. The second-order valence-electron chi connectivity index (χ2n) is 2.52. The van der Waals surface area contributed by atoms with Crippen molar-refractivity contribution in [3.63, 3.8) is 0 Å². The lowest BCUT2D eigenvalue weighted by atomic mass is 10.1. The van der Waals surface area contributed by atoms with Crippen LogP contribution < -0.4 is 5.73 Å². The fraction of sp³-hybridized carbons (Fsp3) is 0.857. The van der Waals surface area contributed by atoms with Crippen molar-refractivity contribution in [2.24, 2.45) is 5.73 Å². The lowest BCUT2D eigenvalue weighted by Crippen LogP contribution is -2.29. The molecule has 3 N–H and O–H groups in total. The van der Waals surface area contributed by atoms with Crippen molar-refractivity contribution in [3.8, 4) is 0 Å². The van der Waals surface area contributed by atoms with Gasteiger partial charge >= 0.3 is 5.97 Å². The highest BCUT2D eigenvalue weighted by molar-refractivity contribution is 7.80. The maximum Gasteiger partial charge on any atom is 0.320 e. The van der Waals surface area contributed by atoms with E-state index >= 15 is 0 Å². The number of unbranched alkanes of at least 4 members (excludes halogenated alkanes) is 2. The van der Waals surface area contributed by atoms with Crippen LogP contribution in [0.4, 0.5) is 0 Å². The molecule has 1 unspecified atom stereocenters. The van der Waals surface area contributed by atoms with Crippen molar-refractivity contribution >= 4 is 18.6 Å². The van der Waals surface area contributed by atoms with E-state index in [1.54, 1.807) is 0 Å². The van der Waals surface area contributed by atoms with E-state index in [-0.39, 0.29) is 0 Å².